The van der Waals surface area contributed by atoms with Crippen LogP contribution in [0.2, 0.25) is 5.02 Å². The van der Waals surface area contributed by atoms with Gasteiger partial charge >= 0.3 is 5.97 Å². The molecule has 0 atom stereocenters. The Hall–Kier alpha value is -2.13. The van der Waals surface area contributed by atoms with E-state index < -0.39 is 32.3 Å². The molecule has 112 valence electrons. The molecule has 2 rings (SSSR count). The molecule has 1 aromatic heterocycles. The average Bonchev–Trinajstić information content (AvgIpc) is 2.76. The van der Waals surface area contributed by atoms with Crippen molar-refractivity contribution in [2.75, 3.05) is 4.72 Å². The van der Waals surface area contributed by atoms with E-state index in [9.17, 15) is 17.6 Å². The highest BCUT2D eigenvalue weighted by Gasteiger charge is 2.25. The van der Waals surface area contributed by atoms with Crippen LogP contribution in [0, 0.1) is 5.82 Å². The molecule has 0 amide bonds. The zero-order valence-corrected chi connectivity index (χ0v) is 12.1. The van der Waals surface area contributed by atoms with Gasteiger partial charge in [-0.2, -0.15) is 5.10 Å². The van der Waals surface area contributed by atoms with Crippen LogP contribution in [0.3, 0.4) is 0 Å². The van der Waals surface area contributed by atoms with Gasteiger partial charge in [-0.1, -0.05) is 11.6 Å². The Morgan fingerprint density at radius 2 is 2.14 bits per heavy atom. The molecule has 1 aromatic carbocycles. The van der Waals surface area contributed by atoms with Gasteiger partial charge in [-0.3, -0.25) is 9.40 Å². The van der Waals surface area contributed by atoms with Crippen LogP contribution in [0.1, 0.15) is 10.4 Å². The van der Waals surface area contributed by atoms with Crippen LogP contribution in [0.15, 0.2) is 29.3 Å². The second-order valence-corrected chi connectivity index (χ2v) is 6.14. The fourth-order valence-corrected chi connectivity index (χ4v) is 2.98. The summed E-state index contributed by atoms with van der Waals surface area (Å²) in [6, 6.07) is 3.02. The predicted octanol–water partition coefficient (Wildman–Crippen LogP) is 1.71. The zero-order valence-electron chi connectivity index (χ0n) is 10.5. The SMILES string of the molecule is Cn1ccc(NS(=O)(=O)c2cc(Cl)cc(C(=O)O)c2F)n1. The molecule has 0 bridgehead atoms. The molecular weight excluding hydrogens is 325 g/mol. The Bertz CT molecular complexity index is 819. The van der Waals surface area contributed by atoms with Gasteiger partial charge in [-0.15, -0.1) is 0 Å². The number of sulfonamides is 1. The number of carboxylic acids is 1. The van der Waals surface area contributed by atoms with E-state index in [2.05, 4.69) is 5.10 Å². The molecule has 2 N–H and O–H groups in total. The number of nitrogens with one attached hydrogen (secondary N) is 1. The number of hydrogen-bond acceptors (Lipinski definition) is 4. The highest BCUT2D eigenvalue weighted by molar-refractivity contribution is 7.92. The van der Waals surface area contributed by atoms with Crippen molar-refractivity contribution in [3.05, 3.63) is 40.8 Å². The number of carbonyl (C=O) groups is 1. The van der Waals surface area contributed by atoms with E-state index in [1.165, 1.54) is 16.9 Å². The van der Waals surface area contributed by atoms with Gasteiger partial charge in [0, 0.05) is 24.3 Å². The molecular formula is C11H9ClFN3O4S. The number of rotatable bonds is 4. The number of benzene rings is 1. The maximum atomic E-state index is 14.0. The quantitative estimate of drug-likeness (QED) is 0.887. The summed E-state index contributed by atoms with van der Waals surface area (Å²) in [5.41, 5.74) is -0.830. The highest BCUT2D eigenvalue weighted by atomic mass is 35.5. The van der Waals surface area contributed by atoms with Gasteiger partial charge in [0.1, 0.15) is 4.90 Å². The van der Waals surface area contributed by atoms with E-state index in [4.69, 9.17) is 16.7 Å². The summed E-state index contributed by atoms with van der Waals surface area (Å²) in [6.45, 7) is 0. The number of aromatic nitrogens is 2. The van der Waals surface area contributed by atoms with Gasteiger partial charge in [-0.05, 0) is 12.1 Å². The van der Waals surface area contributed by atoms with Crippen molar-refractivity contribution < 1.29 is 22.7 Å². The lowest BCUT2D eigenvalue weighted by Crippen LogP contribution is -2.17. The smallest absolute Gasteiger partial charge is 0.338 e. The van der Waals surface area contributed by atoms with Gasteiger partial charge in [0.15, 0.2) is 11.6 Å². The number of nitrogens with zero attached hydrogens (tertiary/aromatic N) is 2. The van der Waals surface area contributed by atoms with Crippen molar-refractivity contribution in [3.63, 3.8) is 0 Å². The standard InChI is InChI=1S/C11H9ClFN3O4S/c1-16-3-2-9(14-16)15-21(19,20)8-5-6(12)4-7(10(8)13)11(17)18/h2-5H,1H3,(H,14,15)(H,17,18). The summed E-state index contributed by atoms with van der Waals surface area (Å²) in [7, 11) is -2.79. The summed E-state index contributed by atoms with van der Waals surface area (Å²) in [6.07, 6.45) is 1.48. The van der Waals surface area contributed by atoms with Gasteiger partial charge in [0.25, 0.3) is 10.0 Å². The molecule has 0 spiro atoms. The fourth-order valence-electron chi connectivity index (χ4n) is 1.58. The Kier molecular flexibility index (Phi) is 3.88. The van der Waals surface area contributed by atoms with Crippen molar-refractivity contribution in [2.45, 2.75) is 4.90 Å². The summed E-state index contributed by atoms with van der Waals surface area (Å²) >= 11 is 5.64. The minimum Gasteiger partial charge on any atom is -0.478 e. The fraction of sp³-hybridized carbons (Fsp3) is 0.0909. The van der Waals surface area contributed by atoms with Crippen molar-refractivity contribution >= 4 is 33.4 Å². The minimum absolute atomic E-state index is 0.0336. The highest BCUT2D eigenvalue weighted by Crippen LogP contribution is 2.25. The first-order chi connectivity index (χ1) is 9.70. The third-order valence-corrected chi connectivity index (χ3v) is 4.05. The van der Waals surface area contributed by atoms with Crippen molar-refractivity contribution in [1.29, 1.82) is 0 Å². The third-order valence-electron chi connectivity index (χ3n) is 2.48. The molecule has 0 aliphatic carbocycles. The maximum absolute atomic E-state index is 14.0. The summed E-state index contributed by atoms with van der Waals surface area (Å²) < 4.78 is 41.6. The summed E-state index contributed by atoms with van der Waals surface area (Å²) in [5, 5.41) is 12.4. The van der Waals surface area contributed by atoms with E-state index in [0.717, 1.165) is 12.1 Å². The van der Waals surface area contributed by atoms with Crippen LogP contribution in [0.25, 0.3) is 0 Å². The van der Waals surface area contributed by atoms with E-state index in [1.54, 1.807) is 7.05 Å². The normalized spacial score (nSPS) is 11.4. The molecule has 0 saturated heterocycles. The van der Waals surface area contributed by atoms with Crippen LogP contribution in [-0.2, 0) is 17.1 Å². The number of aryl methyl sites for hydroxylation is 1. The van der Waals surface area contributed by atoms with Gasteiger partial charge in [0.2, 0.25) is 0 Å². The van der Waals surface area contributed by atoms with Crippen molar-refractivity contribution in [3.8, 4) is 0 Å². The summed E-state index contributed by atoms with van der Waals surface area (Å²) in [5.74, 6) is -3.05. The third kappa shape index (κ3) is 3.14. The van der Waals surface area contributed by atoms with Crippen LogP contribution in [0.4, 0.5) is 10.2 Å². The Labute approximate surface area is 124 Å². The molecule has 21 heavy (non-hydrogen) atoms. The van der Waals surface area contributed by atoms with Crippen molar-refractivity contribution in [1.82, 2.24) is 9.78 Å². The molecule has 0 fully saturated rings. The Balaban J connectivity index is 2.52. The van der Waals surface area contributed by atoms with Crippen LogP contribution in [-0.4, -0.2) is 29.3 Å². The Morgan fingerprint density at radius 1 is 1.48 bits per heavy atom. The number of halogens is 2. The summed E-state index contributed by atoms with van der Waals surface area (Å²) in [4.78, 5) is 10.0. The second-order valence-electron chi connectivity index (χ2n) is 4.05. The molecule has 2 aromatic rings. The minimum atomic E-state index is -4.36. The van der Waals surface area contributed by atoms with Crippen LogP contribution < -0.4 is 4.72 Å². The molecule has 0 unspecified atom stereocenters. The van der Waals surface area contributed by atoms with Gasteiger partial charge in [-0.25, -0.2) is 17.6 Å². The first-order valence-corrected chi connectivity index (χ1v) is 7.31. The zero-order chi connectivity index (χ0) is 15.8. The van der Waals surface area contributed by atoms with E-state index in [1.807, 2.05) is 4.72 Å². The molecule has 0 radical (unpaired) electrons. The number of carboxylic acid groups (broad SMARTS) is 1. The Morgan fingerprint density at radius 3 is 2.67 bits per heavy atom. The average molecular weight is 334 g/mol. The molecule has 7 nitrogen and oxygen atoms in total. The van der Waals surface area contributed by atoms with Crippen molar-refractivity contribution in [2.24, 2.45) is 7.05 Å². The lowest BCUT2D eigenvalue weighted by Gasteiger charge is -2.09. The first-order valence-electron chi connectivity index (χ1n) is 5.45. The molecule has 1 heterocycles. The molecule has 0 aliphatic heterocycles. The predicted molar refractivity (Wildman–Crippen MR) is 72.4 cm³/mol. The molecule has 0 saturated carbocycles. The topological polar surface area (TPSA) is 101 Å². The number of hydrogen-bond donors (Lipinski definition) is 2. The lowest BCUT2D eigenvalue weighted by molar-refractivity contribution is 0.0691. The lowest BCUT2D eigenvalue weighted by atomic mass is 10.2. The number of aromatic carboxylic acids is 1. The van der Waals surface area contributed by atoms with Crippen LogP contribution in [0.5, 0.6) is 0 Å². The van der Waals surface area contributed by atoms with Gasteiger partial charge < -0.3 is 5.11 Å². The van der Waals surface area contributed by atoms with Crippen LogP contribution >= 0.6 is 11.6 Å². The molecule has 0 aliphatic rings. The van der Waals surface area contributed by atoms with E-state index in [-0.39, 0.29) is 10.8 Å². The first kappa shape index (κ1) is 15.3. The van der Waals surface area contributed by atoms with E-state index in [0.29, 0.717) is 0 Å². The van der Waals surface area contributed by atoms with E-state index >= 15 is 0 Å². The largest absolute Gasteiger partial charge is 0.478 e. The van der Waals surface area contributed by atoms with Gasteiger partial charge in [0.05, 0.1) is 5.56 Å². The second kappa shape index (κ2) is 5.34. The molecule has 10 heteroatoms. The monoisotopic (exact) mass is 333 g/mol. The number of anilines is 1. The maximum Gasteiger partial charge on any atom is 0.338 e.